The number of nitrogens with zero attached hydrogens (tertiary/aromatic N) is 1. The molecule has 1 aromatic heterocycles. The molecule has 1 atom stereocenters. The van der Waals surface area contributed by atoms with Gasteiger partial charge in [-0.1, -0.05) is 29.5 Å². The summed E-state index contributed by atoms with van der Waals surface area (Å²) >= 11 is 2.73. The number of carbonyl (C=O) groups excluding carboxylic acids is 1. The Bertz CT molecular complexity index is 945. The minimum Gasteiger partial charge on any atom is -0.325 e. The van der Waals surface area contributed by atoms with Gasteiger partial charge in [-0.3, -0.25) is 14.2 Å². The predicted octanol–water partition coefficient (Wildman–Crippen LogP) is 4.76. The van der Waals surface area contributed by atoms with E-state index in [1.165, 1.54) is 23.1 Å². The van der Waals surface area contributed by atoms with E-state index in [1.807, 2.05) is 69.3 Å². The molecule has 130 valence electrons. The van der Waals surface area contributed by atoms with Crippen molar-refractivity contribution in [2.75, 3.05) is 5.32 Å². The number of benzene rings is 2. The molecule has 0 unspecified atom stereocenters. The SMILES string of the molecule is CC(C)n1c(=O)sc2cc(NC(=O)[C@@H](C)Sc3ccccc3)ccc21. The van der Waals surface area contributed by atoms with Gasteiger partial charge in [-0.15, -0.1) is 11.8 Å². The first-order chi connectivity index (χ1) is 12.0. The molecular formula is C19H20N2O2S2. The zero-order valence-corrected chi connectivity index (χ0v) is 16.0. The van der Waals surface area contributed by atoms with E-state index in [0.717, 1.165) is 20.8 Å². The molecule has 0 saturated carbocycles. The molecule has 0 aliphatic rings. The third-order valence-corrected chi connectivity index (χ3v) is 5.85. The molecule has 3 rings (SSSR count). The summed E-state index contributed by atoms with van der Waals surface area (Å²) in [6.45, 7) is 5.87. The first-order valence-corrected chi connectivity index (χ1v) is 9.83. The second-order valence-electron chi connectivity index (χ2n) is 6.08. The van der Waals surface area contributed by atoms with Crippen molar-refractivity contribution in [2.24, 2.45) is 0 Å². The maximum Gasteiger partial charge on any atom is 0.308 e. The maximum absolute atomic E-state index is 12.4. The van der Waals surface area contributed by atoms with E-state index in [-0.39, 0.29) is 22.1 Å². The second kappa shape index (κ2) is 7.45. The summed E-state index contributed by atoms with van der Waals surface area (Å²) in [4.78, 5) is 25.6. The topological polar surface area (TPSA) is 51.1 Å². The van der Waals surface area contributed by atoms with Gasteiger partial charge in [0.1, 0.15) is 0 Å². The van der Waals surface area contributed by atoms with E-state index in [0.29, 0.717) is 0 Å². The van der Waals surface area contributed by atoms with Crippen molar-refractivity contribution >= 4 is 44.9 Å². The first-order valence-electron chi connectivity index (χ1n) is 8.13. The van der Waals surface area contributed by atoms with Gasteiger partial charge in [0.2, 0.25) is 5.91 Å². The third-order valence-electron chi connectivity index (χ3n) is 3.82. The predicted molar refractivity (Wildman–Crippen MR) is 107 cm³/mol. The minimum atomic E-state index is -0.211. The number of hydrogen-bond donors (Lipinski definition) is 1. The highest BCUT2D eigenvalue weighted by Gasteiger charge is 2.16. The number of aromatic nitrogens is 1. The molecule has 0 spiro atoms. The number of hydrogen-bond acceptors (Lipinski definition) is 4. The fraction of sp³-hybridized carbons (Fsp3) is 0.263. The molecule has 4 nitrogen and oxygen atoms in total. The van der Waals surface area contributed by atoms with Gasteiger partial charge in [0, 0.05) is 16.6 Å². The maximum atomic E-state index is 12.4. The highest BCUT2D eigenvalue weighted by molar-refractivity contribution is 8.00. The van der Waals surface area contributed by atoms with Gasteiger partial charge in [-0.25, -0.2) is 0 Å². The van der Waals surface area contributed by atoms with Crippen LogP contribution in [0.5, 0.6) is 0 Å². The standard InChI is InChI=1S/C19H20N2O2S2/c1-12(2)21-16-10-9-14(11-17(16)25-19(21)23)20-18(22)13(3)24-15-7-5-4-6-8-15/h4-13H,1-3H3,(H,20,22)/t13-/m1/s1. The average Bonchev–Trinajstić information content (AvgIpc) is 2.90. The van der Waals surface area contributed by atoms with E-state index in [4.69, 9.17) is 0 Å². The normalized spacial score (nSPS) is 12.5. The number of nitrogens with one attached hydrogen (secondary N) is 1. The molecule has 6 heteroatoms. The Hall–Kier alpha value is -2.05. The third kappa shape index (κ3) is 3.96. The summed E-state index contributed by atoms with van der Waals surface area (Å²) < 4.78 is 2.67. The van der Waals surface area contributed by atoms with Crippen LogP contribution in [0, 0.1) is 0 Å². The lowest BCUT2D eigenvalue weighted by atomic mass is 10.2. The zero-order chi connectivity index (χ0) is 18.0. The smallest absolute Gasteiger partial charge is 0.308 e. The van der Waals surface area contributed by atoms with Crippen molar-refractivity contribution < 1.29 is 4.79 Å². The van der Waals surface area contributed by atoms with Crippen LogP contribution in [0.25, 0.3) is 10.2 Å². The van der Waals surface area contributed by atoms with E-state index in [9.17, 15) is 9.59 Å². The number of carbonyl (C=O) groups is 1. The highest BCUT2D eigenvalue weighted by atomic mass is 32.2. The van der Waals surface area contributed by atoms with Gasteiger partial charge in [-0.05, 0) is 51.1 Å². The molecule has 0 aliphatic heterocycles. The Kier molecular flexibility index (Phi) is 5.30. The zero-order valence-electron chi connectivity index (χ0n) is 14.4. The van der Waals surface area contributed by atoms with E-state index < -0.39 is 0 Å². The molecule has 1 amide bonds. The van der Waals surface area contributed by atoms with Crippen molar-refractivity contribution in [1.82, 2.24) is 4.57 Å². The monoisotopic (exact) mass is 372 g/mol. The molecule has 1 N–H and O–H groups in total. The van der Waals surface area contributed by atoms with E-state index >= 15 is 0 Å². The first kappa shape index (κ1) is 17.8. The van der Waals surface area contributed by atoms with Gasteiger partial charge >= 0.3 is 4.87 Å². The van der Waals surface area contributed by atoms with Crippen LogP contribution in [0.3, 0.4) is 0 Å². The molecule has 0 fully saturated rings. The van der Waals surface area contributed by atoms with Crippen LogP contribution in [-0.4, -0.2) is 15.7 Å². The largest absolute Gasteiger partial charge is 0.325 e. The number of thioether (sulfide) groups is 1. The van der Waals surface area contributed by atoms with Crippen LogP contribution in [0.2, 0.25) is 0 Å². The van der Waals surface area contributed by atoms with Gasteiger partial charge in [0.15, 0.2) is 0 Å². The van der Waals surface area contributed by atoms with E-state index in [2.05, 4.69) is 5.32 Å². The van der Waals surface area contributed by atoms with E-state index in [1.54, 1.807) is 4.57 Å². The molecule has 25 heavy (non-hydrogen) atoms. The van der Waals surface area contributed by atoms with Crippen LogP contribution in [-0.2, 0) is 4.79 Å². The Morgan fingerprint density at radius 2 is 1.84 bits per heavy atom. The highest BCUT2D eigenvalue weighted by Crippen LogP contribution is 2.26. The molecule has 0 radical (unpaired) electrons. The Balaban J connectivity index is 1.76. The second-order valence-corrected chi connectivity index (χ2v) is 8.48. The summed E-state index contributed by atoms with van der Waals surface area (Å²) in [6.07, 6.45) is 0. The summed E-state index contributed by atoms with van der Waals surface area (Å²) in [5.41, 5.74) is 1.63. The van der Waals surface area contributed by atoms with Crippen LogP contribution < -0.4 is 10.2 Å². The lowest BCUT2D eigenvalue weighted by Gasteiger charge is -2.12. The summed E-state index contributed by atoms with van der Waals surface area (Å²) in [5.74, 6) is -0.0520. The van der Waals surface area contributed by atoms with Gasteiger partial charge in [-0.2, -0.15) is 0 Å². The number of thiazole rings is 1. The molecule has 0 aliphatic carbocycles. The number of rotatable bonds is 5. The Labute approximate surface area is 154 Å². The van der Waals surface area contributed by atoms with Gasteiger partial charge in [0.05, 0.1) is 15.5 Å². The molecular weight excluding hydrogens is 352 g/mol. The Morgan fingerprint density at radius 3 is 2.52 bits per heavy atom. The lowest BCUT2D eigenvalue weighted by molar-refractivity contribution is -0.115. The molecule has 3 aromatic rings. The van der Waals surface area contributed by atoms with Crippen molar-refractivity contribution in [1.29, 1.82) is 0 Å². The molecule has 2 aromatic carbocycles. The molecule has 1 heterocycles. The summed E-state index contributed by atoms with van der Waals surface area (Å²) in [7, 11) is 0. The van der Waals surface area contributed by atoms with Crippen molar-refractivity contribution in [2.45, 2.75) is 37.0 Å². The number of fused-ring (bicyclic) bond motifs is 1. The van der Waals surface area contributed by atoms with Gasteiger partial charge in [0.25, 0.3) is 0 Å². The lowest BCUT2D eigenvalue weighted by Crippen LogP contribution is -2.22. The summed E-state index contributed by atoms with van der Waals surface area (Å²) in [5, 5.41) is 2.74. The number of amides is 1. The minimum absolute atomic E-state index is 0.0291. The van der Waals surface area contributed by atoms with Crippen LogP contribution >= 0.6 is 23.1 Å². The number of anilines is 1. The molecule has 0 saturated heterocycles. The fourth-order valence-electron chi connectivity index (χ4n) is 2.60. The molecule has 0 bridgehead atoms. The van der Waals surface area contributed by atoms with Gasteiger partial charge < -0.3 is 5.32 Å². The fourth-order valence-corrected chi connectivity index (χ4v) is 4.54. The van der Waals surface area contributed by atoms with Crippen LogP contribution in [0.15, 0.2) is 58.2 Å². The van der Waals surface area contributed by atoms with Crippen LogP contribution in [0.4, 0.5) is 5.69 Å². The summed E-state index contributed by atoms with van der Waals surface area (Å²) in [6, 6.07) is 15.6. The quantitative estimate of drug-likeness (QED) is 0.657. The average molecular weight is 373 g/mol. The van der Waals surface area contributed by atoms with Crippen molar-refractivity contribution in [3.63, 3.8) is 0 Å². The van der Waals surface area contributed by atoms with Crippen molar-refractivity contribution in [3.05, 3.63) is 58.2 Å². The van der Waals surface area contributed by atoms with Crippen molar-refractivity contribution in [3.8, 4) is 0 Å². The van der Waals surface area contributed by atoms with Crippen LogP contribution in [0.1, 0.15) is 26.8 Å². The Morgan fingerprint density at radius 1 is 1.12 bits per heavy atom.